The average molecular weight is 527 g/mol. The number of benzene rings is 2. The van der Waals surface area contributed by atoms with Gasteiger partial charge in [-0.25, -0.2) is 30.3 Å². The van der Waals surface area contributed by atoms with Crippen molar-refractivity contribution >= 4 is 26.1 Å². The van der Waals surface area contributed by atoms with Crippen LogP contribution in [0.5, 0.6) is 0 Å². The fourth-order valence-corrected chi connectivity index (χ4v) is 7.02. The molecule has 0 saturated heterocycles. The topological polar surface area (TPSA) is 113 Å². The van der Waals surface area contributed by atoms with Crippen LogP contribution in [-0.4, -0.2) is 39.8 Å². The predicted molar refractivity (Wildman–Crippen MR) is 111 cm³/mol. The molecule has 0 spiro atoms. The number of halogens is 5. The van der Waals surface area contributed by atoms with Crippen LogP contribution in [0.4, 0.5) is 22.0 Å². The Morgan fingerprint density at radius 1 is 1.00 bits per heavy atom. The van der Waals surface area contributed by atoms with E-state index >= 15 is 0 Å². The first kappa shape index (κ1) is 26.0. The molecule has 1 aliphatic carbocycles. The van der Waals surface area contributed by atoms with E-state index in [9.17, 15) is 38.8 Å². The lowest BCUT2D eigenvalue weighted by molar-refractivity contribution is -0.0452. The maximum Gasteiger partial charge on any atom is 0.511 e. The summed E-state index contributed by atoms with van der Waals surface area (Å²) in [6.07, 6.45) is -0.656. The number of nitrogens with one attached hydrogen (secondary N) is 1. The lowest BCUT2D eigenvalue weighted by Crippen LogP contribution is -2.48. The van der Waals surface area contributed by atoms with Gasteiger partial charge < -0.3 is 5.21 Å². The van der Waals surface area contributed by atoms with Crippen LogP contribution in [0.3, 0.4) is 0 Å². The van der Waals surface area contributed by atoms with E-state index in [-0.39, 0.29) is 17.7 Å². The molecule has 0 atom stereocenters. The van der Waals surface area contributed by atoms with Crippen molar-refractivity contribution < 1.29 is 44.0 Å². The molecule has 7 nitrogen and oxygen atoms in total. The number of sulfonamides is 1. The van der Waals surface area contributed by atoms with Crippen molar-refractivity contribution in [3.63, 3.8) is 0 Å². The molecule has 0 unspecified atom stereocenters. The van der Waals surface area contributed by atoms with Gasteiger partial charge in [0, 0.05) is 11.6 Å². The standard InChI is InChI=1S/C20H19F5N2O5S2/c21-14-3-6-18(22)17(11-14)19(33(29,30)16-4-1-13(2-5-16)12-26-28)9-7-15(8-10-19)27-34(31,32)20(23,24)25/h1-6,11-12,15,27-28H,7-10H2. The molecule has 0 heterocycles. The van der Waals surface area contributed by atoms with Crippen molar-refractivity contribution in [3.05, 3.63) is 65.2 Å². The quantitative estimate of drug-likeness (QED) is 0.257. The number of rotatable bonds is 6. The van der Waals surface area contributed by atoms with Crippen molar-refractivity contribution in [2.24, 2.45) is 5.16 Å². The molecule has 0 aliphatic heterocycles. The highest BCUT2D eigenvalue weighted by Gasteiger charge is 2.52. The van der Waals surface area contributed by atoms with E-state index in [0.29, 0.717) is 5.56 Å². The van der Waals surface area contributed by atoms with Crippen molar-refractivity contribution in [1.29, 1.82) is 0 Å². The third-order valence-electron chi connectivity index (χ3n) is 5.75. The summed E-state index contributed by atoms with van der Waals surface area (Å²) < 4.78 is 117. The van der Waals surface area contributed by atoms with Gasteiger partial charge in [-0.2, -0.15) is 13.2 Å². The normalized spacial score (nSPS) is 22.2. The molecule has 1 saturated carbocycles. The van der Waals surface area contributed by atoms with Gasteiger partial charge in [0.15, 0.2) is 9.84 Å². The molecule has 2 aromatic carbocycles. The zero-order valence-corrected chi connectivity index (χ0v) is 18.9. The molecule has 34 heavy (non-hydrogen) atoms. The molecule has 2 aromatic rings. The minimum atomic E-state index is -5.68. The highest BCUT2D eigenvalue weighted by Crippen LogP contribution is 2.48. The molecular formula is C20H19F5N2O5S2. The highest BCUT2D eigenvalue weighted by atomic mass is 32.2. The Kier molecular flexibility index (Phi) is 7.06. The van der Waals surface area contributed by atoms with Gasteiger partial charge in [-0.3, -0.25) is 0 Å². The number of hydrogen-bond acceptors (Lipinski definition) is 6. The van der Waals surface area contributed by atoms with Crippen LogP contribution >= 0.6 is 0 Å². The number of oxime groups is 1. The first-order chi connectivity index (χ1) is 15.7. The van der Waals surface area contributed by atoms with Gasteiger partial charge in [0.1, 0.15) is 16.4 Å². The molecule has 1 fully saturated rings. The van der Waals surface area contributed by atoms with Crippen molar-refractivity contribution in [2.75, 3.05) is 0 Å². The van der Waals surface area contributed by atoms with E-state index in [1.165, 1.54) is 29.0 Å². The molecule has 0 amide bonds. The Labute approximate surface area is 192 Å². The minimum Gasteiger partial charge on any atom is -0.411 e. The van der Waals surface area contributed by atoms with Gasteiger partial charge in [0.25, 0.3) is 0 Å². The van der Waals surface area contributed by atoms with Gasteiger partial charge in [0.2, 0.25) is 0 Å². The van der Waals surface area contributed by atoms with Crippen molar-refractivity contribution in [3.8, 4) is 0 Å². The van der Waals surface area contributed by atoms with Gasteiger partial charge in [0.05, 0.1) is 11.1 Å². The van der Waals surface area contributed by atoms with E-state index in [2.05, 4.69) is 5.16 Å². The highest BCUT2D eigenvalue weighted by molar-refractivity contribution is 7.92. The third kappa shape index (κ3) is 4.79. The SMILES string of the molecule is O=S(=O)(NC1CCC(c2cc(F)ccc2F)(S(=O)(=O)c2ccc(C=NO)cc2)CC1)C(F)(F)F. The Bertz CT molecular complexity index is 1290. The summed E-state index contributed by atoms with van der Waals surface area (Å²) in [6, 6.07) is 5.98. The molecule has 2 N–H and O–H groups in total. The molecule has 0 bridgehead atoms. The molecule has 0 radical (unpaired) electrons. The first-order valence-corrected chi connectivity index (χ1v) is 12.8. The van der Waals surface area contributed by atoms with Gasteiger partial charge in [-0.15, -0.1) is 0 Å². The van der Waals surface area contributed by atoms with E-state index in [0.717, 1.165) is 24.4 Å². The zero-order chi connectivity index (χ0) is 25.4. The smallest absolute Gasteiger partial charge is 0.411 e. The number of sulfone groups is 1. The largest absolute Gasteiger partial charge is 0.511 e. The lowest BCUT2D eigenvalue weighted by Gasteiger charge is -2.40. The molecule has 14 heteroatoms. The van der Waals surface area contributed by atoms with E-state index in [4.69, 9.17) is 5.21 Å². The van der Waals surface area contributed by atoms with Crippen LogP contribution < -0.4 is 4.72 Å². The van der Waals surface area contributed by atoms with Crippen LogP contribution in [0.2, 0.25) is 0 Å². The summed E-state index contributed by atoms with van der Waals surface area (Å²) in [6.45, 7) is 0. The van der Waals surface area contributed by atoms with Crippen LogP contribution in [0.25, 0.3) is 0 Å². The molecular weight excluding hydrogens is 507 g/mol. The Balaban J connectivity index is 2.05. The Morgan fingerprint density at radius 3 is 2.12 bits per heavy atom. The summed E-state index contributed by atoms with van der Waals surface area (Å²) >= 11 is 0. The molecule has 186 valence electrons. The fourth-order valence-electron chi connectivity index (χ4n) is 4.04. The second-order valence-electron chi connectivity index (χ2n) is 7.78. The number of alkyl halides is 3. The van der Waals surface area contributed by atoms with E-state index in [1.54, 1.807) is 0 Å². The minimum absolute atomic E-state index is 0.277. The maximum absolute atomic E-state index is 14.8. The predicted octanol–water partition coefficient (Wildman–Crippen LogP) is 3.82. The summed E-state index contributed by atoms with van der Waals surface area (Å²) in [4.78, 5) is -0.277. The summed E-state index contributed by atoms with van der Waals surface area (Å²) in [5, 5.41) is 11.4. The Hall–Kier alpha value is -2.58. The lowest BCUT2D eigenvalue weighted by atomic mass is 9.80. The monoisotopic (exact) mass is 526 g/mol. The van der Waals surface area contributed by atoms with Crippen LogP contribution in [0.1, 0.15) is 36.8 Å². The van der Waals surface area contributed by atoms with E-state index < -0.39 is 66.2 Å². The van der Waals surface area contributed by atoms with Crippen molar-refractivity contribution in [2.45, 2.75) is 46.9 Å². The zero-order valence-electron chi connectivity index (χ0n) is 17.3. The molecule has 1 aliphatic rings. The maximum atomic E-state index is 14.8. The fraction of sp³-hybridized carbons (Fsp3) is 0.350. The summed E-state index contributed by atoms with van der Waals surface area (Å²) in [5.41, 5.74) is -5.70. The average Bonchev–Trinajstić information content (AvgIpc) is 2.75. The van der Waals surface area contributed by atoms with Gasteiger partial charge >= 0.3 is 15.5 Å². The molecule has 3 rings (SSSR count). The van der Waals surface area contributed by atoms with E-state index in [1.807, 2.05) is 0 Å². The van der Waals surface area contributed by atoms with Crippen LogP contribution in [0, 0.1) is 11.6 Å². The van der Waals surface area contributed by atoms with Crippen LogP contribution in [0.15, 0.2) is 52.5 Å². The van der Waals surface area contributed by atoms with Gasteiger partial charge in [-0.1, -0.05) is 17.3 Å². The second kappa shape index (κ2) is 9.23. The van der Waals surface area contributed by atoms with Crippen molar-refractivity contribution in [1.82, 2.24) is 4.72 Å². The Morgan fingerprint density at radius 2 is 1.59 bits per heavy atom. The first-order valence-electron chi connectivity index (χ1n) is 9.80. The number of nitrogens with zero attached hydrogens (tertiary/aromatic N) is 1. The summed E-state index contributed by atoms with van der Waals surface area (Å²) in [7, 11) is -10.1. The van der Waals surface area contributed by atoms with Crippen LogP contribution in [-0.2, 0) is 24.6 Å². The van der Waals surface area contributed by atoms with Gasteiger partial charge in [-0.05, 0) is 61.6 Å². The second-order valence-corrected chi connectivity index (χ2v) is 11.7. The summed E-state index contributed by atoms with van der Waals surface area (Å²) in [5.74, 6) is -1.94. The number of hydrogen-bond donors (Lipinski definition) is 2. The third-order valence-corrected chi connectivity index (χ3v) is 9.55. The molecule has 0 aromatic heterocycles.